The normalized spacial score (nSPS) is 16.8. The molecule has 0 radical (unpaired) electrons. The van der Waals surface area contributed by atoms with E-state index in [0.717, 1.165) is 25.9 Å². The van der Waals surface area contributed by atoms with Crippen LogP contribution in [0.1, 0.15) is 37.5 Å². The third-order valence-electron chi connectivity index (χ3n) is 4.11. The van der Waals surface area contributed by atoms with Crippen molar-refractivity contribution in [1.82, 2.24) is 20.1 Å². The third-order valence-corrected chi connectivity index (χ3v) is 5.32. The fourth-order valence-corrected chi connectivity index (χ4v) is 3.56. The number of hydrogen-bond donors (Lipinski definition) is 2. The molecule has 0 aliphatic carbocycles. The van der Waals surface area contributed by atoms with Crippen molar-refractivity contribution in [3.05, 3.63) is 29.5 Å². The molecule has 0 atom stereocenters. The lowest BCUT2D eigenvalue weighted by Gasteiger charge is -2.36. The van der Waals surface area contributed by atoms with Gasteiger partial charge in [-0.15, -0.1) is 23.7 Å². The Kier molecular flexibility index (Phi) is 5.78. The van der Waals surface area contributed by atoms with E-state index in [1.807, 2.05) is 18.5 Å². The van der Waals surface area contributed by atoms with Gasteiger partial charge in [-0.1, -0.05) is 13.8 Å². The molecule has 6 nitrogen and oxygen atoms in total. The SMILES string of the molecule is CC(C)c1cnc(NC(=O)C2(n3cccn3)CCNCC2)s1.Cl. The Hall–Kier alpha value is -1.44. The number of carbonyl (C=O) groups excluding carboxylic acids is 1. The summed E-state index contributed by atoms with van der Waals surface area (Å²) in [5, 5.41) is 11.3. The highest BCUT2D eigenvalue weighted by molar-refractivity contribution is 7.15. The smallest absolute Gasteiger partial charge is 0.254 e. The van der Waals surface area contributed by atoms with Gasteiger partial charge in [0.2, 0.25) is 0 Å². The summed E-state index contributed by atoms with van der Waals surface area (Å²) in [5.41, 5.74) is -0.627. The van der Waals surface area contributed by atoms with Gasteiger partial charge < -0.3 is 5.32 Å². The maximum atomic E-state index is 12.9. The van der Waals surface area contributed by atoms with Gasteiger partial charge in [-0.05, 0) is 37.9 Å². The highest BCUT2D eigenvalue weighted by Crippen LogP contribution is 2.31. The summed E-state index contributed by atoms with van der Waals surface area (Å²) in [6, 6.07) is 1.86. The first-order valence-electron chi connectivity index (χ1n) is 7.60. The fourth-order valence-electron chi connectivity index (χ4n) is 2.75. The molecule has 0 aromatic carbocycles. The molecule has 126 valence electrons. The fraction of sp³-hybridized carbons (Fsp3) is 0.533. The Morgan fingerprint density at radius 1 is 1.43 bits per heavy atom. The van der Waals surface area contributed by atoms with Crippen molar-refractivity contribution in [2.75, 3.05) is 18.4 Å². The van der Waals surface area contributed by atoms with Crippen LogP contribution in [0.25, 0.3) is 0 Å². The van der Waals surface area contributed by atoms with Crippen molar-refractivity contribution in [3.63, 3.8) is 0 Å². The van der Waals surface area contributed by atoms with E-state index in [-0.39, 0.29) is 18.3 Å². The van der Waals surface area contributed by atoms with Crippen LogP contribution >= 0.6 is 23.7 Å². The second-order valence-corrected chi connectivity index (χ2v) is 6.97. The number of hydrogen-bond acceptors (Lipinski definition) is 5. The second kappa shape index (κ2) is 7.42. The molecule has 1 saturated heterocycles. The van der Waals surface area contributed by atoms with Gasteiger partial charge in [0.05, 0.1) is 0 Å². The van der Waals surface area contributed by atoms with Crippen molar-refractivity contribution in [2.45, 2.75) is 38.1 Å². The van der Waals surface area contributed by atoms with Crippen LogP contribution in [0.3, 0.4) is 0 Å². The van der Waals surface area contributed by atoms with Crippen molar-refractivity contribution < 1.29 is 4.79 Å². The van der Waals surface area contributed by atoms with E-state index in [1.165, 1.54) is 4.88 Å². The van der Waals surface area contributed by atoms with Crippen LogP contribution in [-0.2, 0) is 10.3 Å². The zero-order valence-corrected chi connectivity index (χ0v) is 14.9. The van der Waals surface area contributed by atoms with Crippen LogP contribution in [0.4, 0.5) is 5.13 Å². The maximum Gasteiger partial charge on any atom is 0.254 e. The predicted molar refractivity (Wildman–Crippen MR) is 94.4 cm³/mol. The molecule has 0 unspecified atom stereocenters. The quantitative estimate of drug-likeness (QED) is 0.884. The molecule has 2 aromatic heterocycles. The molecule has 2 aromatic rings. The van der Waals surface area contributed by atoms with Gasteiger partial charge in [0.15, 0.2) is 5.13 Å². The minimum Gasteiger partial charge on any atom is -0.317 e. The molecule has 1 aliphatic rings. The lowest BCUT2D eigenvalue weighted by Crippen LogP contribution is -2.52. The van der Waals surface area contributed by atoms with Crippen LogP contribution in [0.2, 0.25) is 0 Å². The van der Waals surface area contributed by atoms with Crippen LogP contribution in [0.5, 0.6) is 0 Å². The Morgan fingerprint density at radius 3 is 2.74 bits per heavy atom. The molecule has 1 amide bonds. The van der Waals surface area contributed by atoms with Crippen molar-refractivity contribution in [1.29, 1.82) is 0 Å². The molecule has 0 saturated carbocycles. The van der Waals surface area contributed by atoms with Crippen molar-refractivity contribution in [2.24, 2.45) is 0 Å². The monoisotopic (exact) mass is 355 g/mol. The standard InChI is InChI=1S/C15H21N5OS.ClH/c1-11(2)12-10-17-14(22-12)19-13(21)15(4-7-16-8-5-15)20-9-3-6-18-20;/h3,6,9-11,16H,4-5,7-8H2,1-2H3,(H,17,19,21);1H. The number of aromatic nitrogens is 3. The van der Waals surface area contributed by atoms with E-state index in [1.54, 1.807) is 22.2 Å². The minimum absolute atomic E-state index is 0. The van der Waals surface area contributed by atoms with E-state index in [9.17, 15) is 4.79 Å². The van der Waals surface area contributed by atoms with Crippen LogP contribution in [-0.4, -0.2) is 33.8 Å². The van der Waals surface area contributed by atoms with Crippen LogP contribution in [0.15, 0.2) is 24.7 Å². The minimum atomic E-state index is -0.627. The number of carbonyl (C=O) groups is 1. The number of amides is 1. The molecule has 8 heteroatoms. The predicted octanol–water partition coefficient (Wildman–Crippen LogP) is 2.60. The molecule has 1 aliphatic heterocycles. The number of rotatable bonds is 4. The van der Waals surface area contributed by atoms with Gasteiger partial charge in [0.1, 0.15) is 5.54 Å². The molecule has 1 fully saturated rings. The molecule has 3 heterocycles. The number of piperidine rings is 1. The summed E-state index contributed by atoms with van der Waals surface area (Å²) in [6.07, 6.45) is 6.88. The molecule has 0 spiro atoms. The Bertz CT molecular complexity index is 634. The summed E-state index contributed by atoms with van der Waals surface area (Å²) in [5.74, 6) is 0.393. The lowest BCUT2D eigenvalue weighted by molar-refractivity contribution is -0.126. The zero-order chi connectivity index (χ0) is 15.6. The van der Waals surface area contributed by atoms with Gasteiger partial charge in [-0.2, -0.15) is 5.10 Å². The molecular formula is C15H22ClN5OS. The molecular weight excluding hydrogens is 334 g/mol. The first-order valence-corrected chi connectivity index (χ1v) is 8.41. The van der Waals surface area contributed by atoms with E-state index < -0.39 is 5.54 Å². The van der Waals surface area contributed by atoms with Gasteiger partial charge in [0.25, 0.3) is 5.91 Å². The topological polar surface area (TPSA) is 71.8 Å². The third kappa shape index (κ3) is 3.57. The number of anilines is 1. The van der Waals surface area contributed by atoms with E-state index in [2.05, 4.69) is 34.6 Å². The Balaban J connectivity index is 0.00000192. The van der Waals surface area contributed by atoms with Crippen molar-refractivity contribution in [3.8, 4) is 0 Å². The van der Waals surface area contributed by atoms with Gasteiger partial charge in [0, 0.05) is 23.5 Å². The maximum absolute atomic E-state index is 12.9. The van der Waals surface area contributed by atoms with Crippen LogP contribution < -0.4 is 10.6 Å². The van der Waals surface area contributed by atoms with Gasteiger partial charge in [-0.25, -0.2) is 4.98 Å². The lowest BCUT2D eigenvalue weighted by atomic mass is 9.87. The zero-order valence-electron chi connectivity index (χ0n) is 13.3. The summed E-state index contributed by atoms with van der Waals surface area (Å²) in [7, 11) is 0. The first kappa shape index (κ1) is 17.9. The van der Waals surface area contributed by atoms with Crippen molar-refractivity contribution >= 4 is 34.8 Å². The summed E-state index contributed by atoms with van der Waals surface area (Å²) in [6.45, 7) is 5.86. The highest BCUT2D eigenvalue weighted by Gasteiger charge is 2.42. The molecule has 23 heavy (non-hydrogen) atoms. The number of halogens is 1. The molecule has 2 N–H and O–H groups in total. The number of nitrogens with zero attached hydrogens (tertiary/aromatic N) is 3. The van der Waals surface area contributed by atoms with E-state index in [0.29, 0.717) is 11.0 Å². The Labute approximate surface area is 146 Å². The summed E-state index contributed by atoms with van der Waals surface area (Å²) >= 11 is 1.54. The van der Waals surface area contributed by atoms with Crippen LogP contribution in [0, 0.1) is 0 Å². The van der Waals surface area contributed by atoms with E-state index >= 15 is 0 Å². The summed E-state index contributed by atoms with van der Waals surface area (Å²) in [4.78, 5) is 18.4. The number of nitrogens with one attached hydrogen (secondary N) is 2. The van der Waals surface area contributed by atoms with Gasteiger partial charge >= 0.3 is 0 Å². The number of thiazole rings is 1. The molecule has 0 bridgehead atoms. The first-order chi connectivity index (χ1) is 10.6. The average Bonchev–Trinajstić information content (AvgIpc) is 3.19. The highest BCUT2D eigenvalue weighted by atomic mass is 35.5. The largest absolute Gasteiger partial charge is 0.317 e. The molecule has 3 rings (SSSR count). The average molecular weight is 356 g/mol. The Morgan fingerprint density at radius 2 is 2.17 bits per heavy atom. The second-order valence-electron chi connectivity index (χ2n) is 5.91. The van der Waals surface area contributed by atoms with E-state index in [4.69, 9.17) is 0 Å². The summed E-state index contributed by atoms with van der Waals surface area (Å²) < 4.78 is 1.79. The van der Waals surface area contributed by atoms with Gasteiger partial charge in [-0.3, -0.25) is 14.8 Å².